The van der Waals surface area contributed by atoms with Gasteiger partial charge in [0.15, 0.2) is 0 Å². The monoisotopic (exact) mass is 470 g/mol. The maximum Gasteiger partial charge on any atom is 0.254 e. The molecule has 4 rings (SSSR count). The average molecular weight is 471 g/mol. The summed E-state index contributed by atoms with van der Waals surface area (Å²) >= 11 is 6.14. The van der Waals surface area contributed by atoms with E-state index in [4.69, 9.17) is 21.1 Å². The van der Waals surface area contributed by atoms with E-state index in [0.717, 1.165) is 42.7 Å². The molecule has 1 saturated heterocycles. The molecular formula is C26H31ClN2O4. The minimum Gasteiger partial charge on any atom is -0.497 e. The predicted octanol–water partition coefficient (Wildman–Crippen LogP) is 4.49. The summed E-state index contributed by atoms with van der Waals surface area (Å²) in [6.07, 6.45) is 5.57. The van der Waals surface area contributed by atoms with E-state index in [9.17, 15) is 9.59 Å². The summed E-state index contributed by atoms with van der Waals surface area (Å²) < 4.78 is 10.8. The normalized spacial score (nSPS) is 21.9. The zero-order valence-electron chi connectivity index (χ0n) is 19.2. The van der Waals surface area contributed by atoms with E-state index in [1.54, 1.807) is 38.5 Å². The van der Waals surface area contributed by atoms with Gasteiger partial charge in [0.1, 0.15) is 17.5 Å². The van der Waals surface area contributed by atoms with E-state index >= 15 is 0 Å². The molecule has 0 radical (unpaired) electrons. The van der Waals surface area contributed by atoms with E-state index in [-0.39, 0.29) is 17.9 Å². The summed E-state index contributed by atoms with van der Waals surface area (Å²) in [4.78, 5) is 28.6. The molecule has 3 unspecified atom stereocenters. The van der Waals surface area contributed by atoms with Gasteiger partial charge >= 0.3 is 0 Å². The maximum absolute atomic E-state index is 13.5. The van der Waals surface area contributed by atoms with Crippen LogP contribution in [0.2, 0.25) is 5.02 Å². The van der Waals surface area contributed by atoms with Crippen molar-refractivity contribution in [2.45, 2.75) is 50.6 Å². The minimum absolute atomic E-state index is 0.0957. The summed E-state index contributed by atoms with van der Waals surface area (Å²) in [5, 5.41) is 3.59. The Balaban J connectivity index is 1.47. The molecule has 7 heteroatoms. The summed E-state index contributed by atoms with van der Waals surface area (Å²) in [6, 6.07) is 12.3. The van der Waals surface area contributed by atoms with Crippen LogP contribution in [0.1, 0.15) is 48.0 Å². The van der Waals surface area contributed by atoms with Crippen molar-refractivity contribution in [3.63, 3.8) is 0 Å². The Bertz CT molecular complexity index is 1010. The van der Waals surface area contributed by atoms with Gasteiger partial charge in [0.05, 0.1) is 14.2 Å². The number of hydrogen-bond acceptors (Lipinski definition) is 4. The van der Waals surface area contributed by atoms with Gasteiger partial charge in [-0.25, -0.2) is 0 Å². The number of rotatable bonds is 7. The third kappa shape index (κ3) is 5.11. The van der Waals surface area contributed by atoms with Crippen molar-refractivity contribution < 1.29 is 19.1 Å². The fourth-order valence-electron chi connectivity index (χ4n) is 5.27. The fraction of sp³-hybridized carbons (Fsp3) is 0.462. The van der Waals surface area contributed by atoms with Crippen LogP contribution in [0.25, 0.3) is 0 Å². The van der Waals surface area contributed by atoms with Crippen LogP contribution in [-0.4, -0.2) is 49.6 Å². The number of carbonyl (C=O) groups excluding carboxylic acids is 2. The Morgan fingerprint density at radius 1 is 1.09 bits per heavy atom. The Labute approximate surface area is 200 Å². The summed E-state index contributed by atoms with van der Waals surface area (Å²) in [5.41, 5.74) is 1.50. The second kappa shape index (κ2) is 10.5. The van der Waals surface area contributed by atoms with Crippen molar-refractivity contribution in [1.29, 1.82) is 0 Å². The first-order valence-corrected chi connectivity index (χ1v) is 12.0. The van der Waals surface area contributed by atoms with Gasteiger partial charge in [0.2, 0.25) is 5.91 Å². The number of methoxy groups -OCH3 is 2. The van der Waals surface area contributed by atoms with Crippen molar-refractivity contribution in [2.75, 3.05) is 20.8 Å². The highest BCUT2D eigenvalue weighted by molar-refractivity contribution is 6.31. The first kappa shape index (κ1) is 23.4. The molecule has 0 spiro atoms. The number of carbonyl (C=O) groups is 2. The van der Waals surface area contributed by atoms with Crippen LogP contribution in [0.3, 0.4) is 0 Å². The molecule has 2 fully saturated rings. The second-order valence-corrected chi connectivity index (χ2v) is 9.24. The van der Waals surface area contributed by atoms with Crippen LogP contribution in [0.15, 0.2) is 42.5 Å². The minimum atomic E-state index is -0.461. The molecule has 2 aromatic carbocycles. The van der Waals surface area contributed by atoms with E-state index in [1.807, 2.05) is 23.1 Å². The molecule has 1 saturated carbocycles. The molecule has 1 aliphatic carbocycles. The maximum atomic E-state index is 13.5. The zero-order chi connectivity index (χ0) is 23.4. The van der Waals surface area contributed by atoms with Crippen molar-refractivity contribution in [2.24, 2.45) is 5.92 Å². The van der Waals surface area contributed by atoms with Crippen LogP contribution in [-0.2, 0) is 11.2 Å². The number of ether oxygens (including phenoxy) is 2. The molecule has 6 nitrogen and oxygen atoms in total. The standard InChI is InChI=1S/C26H31ClN2O4/c1-32-21-10-11-24(33-2)18(15-21)12-13-28-25(30)23-16-17-6-3-4-9-22(17)29(23)26(31)19-7-5-8-20(27)14-19/h5,7-8,10-11,14-15,17,22-23H,3-4,6,9,12-13,16H2,1-2H3,(H,28,30). The van der Waals surface area contributed by atoms with Crippen LogP contribution < -0.4 is 14.8 Å². The molecule has 0 bridgehead atoms. The number of halogens is 1. The fourth-order valence-corrected chi connectivity index (χ4v) is 5.46. The highest BCUT2D eigenvalue weighted by Crippen LogP contribution is 2.40. The van der Waals surface area contributed by atoms with Gasteiger partial charge in [0.25, 0.3) is 5.91 Å². The highest BCUT2D eigenvalue weighted by Gasteiger charge is 2.47. The van der Waals surface area contributed by atoms with Crippen LogP contribution in [0.4, 0.5) is 0 Å². The molecule has 2 aliphatic rings. The number of hydrogen-bond donors (Lipinski definition) is 1. The molecule has 1 aliphatic heterocycles. The molecule has 1 heterocycles. The molecule has 2 aromatic rings. The predicted molar refractivity (Wildman–Crippen MR) is 128 cm³/mol. The van der Waals surface area contributed by atoms with Gasteiger partial charge in [0, 0.05) is 23.2 Å². The van der Waals surface area contributed by atoms with E-state index in [2.05, 4.69) is 5.32 Å². The topological polar surface area (TPSA) is 67.9 Å². The van der Waals surface area contributed by atoms with Gasteiger partial charge in [-0.15, -0.1) is 0 Å². The van der Waals surface area contributed by atoms with Gasteiger partial charge in [-0.1, -0.05) is 30.5 Å². The van der Waals surface area contributed by atoms with Gasteiger partial charge in [-0.3, -0.25) is 9.59 Å². The molecule has 1 N–H and O–H groups in total. The first-order valence-electron chi connectivity index (χ1n) is 11.6. The first-order chi connectivity index (χ1) is 16.0. The summed E-state index contributed by atoms with van der Waals surface area (Å²) in [7, 11) is 3.25. The van der Waals surface area contributed by atoms with Crippen LogP contribution in [0.5, 0.6) is 11.5 Å². The SMILES string of the molecule is COc1ccc(OC)c(CCNC(=O)C2CC3CCCCC3N2C(=O)c2cccc(Cl)c2)c1. The van der Waals surface area contributed by atoms with Crippen molar-refractivity contribution >= 4 is 23.4 Å². The molecular weight excluding hydrogens is 440 g/mol. The summed E-state index contributed by atoms with van der Waals surface area (Å²) in [6.45, 7) is 0.452. The second-order valence-electron chi connectivity index (χ2n) is 8.80. The lowest BCUT2D eigenvalue weighted by Crippen LogP contribution is -2.49. The van der Waals surface area contributed by atoms with Gasteiger partial charge in [-0.2, -0.15) is 0 Å². The number of nitrogens with one attached hydrogen (secondary N) is 1. The zero-order valence-corrected chi connectivity index (χ0v) is 19.9. The van der Waals surface area contributed by atoms with Gasteiger partial charge in [-0.05, 0) is 73.6 Å². The molecule has 0 aromatic heterocycles. The number of benzene rings is 2. The Kier molecular flexibility index (Phi) is 7.43. The average Bonchev–Trinajstić information content (AvgIpc) is 3.23. The van der Waals surface area contributed by atoms with E-state index < -0.39 is 6.04 Å². The van der Waals surface area contributed by atoms with Crippen molar-refractivity contribution in [3.05, 3.63) is 58.6 Å². The molecule has 2 amide bonds. The van der Waals surface area contributed by atoms with Crippen LogP contribution >= 0.6 is 11.6 Å². The Hall–Kier alpha value is -2.73. The van der Waals surface area contributed by atoms with Crippen LogP contribution in [0, 0.1) is 5.92 Å². The number of amides is 2. The largest absolute Gasteiger partial charge is 0.497 e. The quantitative estimate of drug-likeness (QED) is 0.647. The lowest BCUT2D eigenvalue weighted by molar-refractivity contribution is -0.125. The Morgan fingerprint density at radius 2 is 1.91 bits per heavy atom. The van der Waals surface area contributed by atoms with E-state index in [0.29, 0.717) is 35.9 Å². The molecule has 33 heavy (non-hydrogen) atoms. The lowest BCUT2D eigenvalue weighted by Gasteiger charge is -2.33. The Morgan fingerprint density at radius 3 is 2.67 bits per heavy atom. The van der Waals surface area contributed by atoms with Crippen molar-refractivity contribution in [1.82, 2.24) is 10.2 Å². The van der Waals surface area contributed by atoms with Gasteiger partial charge < -0.3 is 19.7 Å². The molecule has 176 valence electrons. The molecule has 3 atom stereocenters. The summed E-state index contributed by atoms with van der Waals surface area (Å²) in [5.74, 6) is 1.67. The van der Waals surface area contributed by atoms with E-state index in [1.165, 1.54) is 0 Å². The lowest BCUT2D eigenvalue weighted by atomic mass is 9.84. The number of nitrogens with zero attached hydrogens (tertiary/aromatic N) is 1. The third-order valence-electron chi connectivity index (χ3n) is 6.88. The highest BCUT2D eigenvalue weighted by atomic mass is 35.5. The number of fused-ring (bicyclic) bond motifs is 1. The van der Waals surface area contributed by atoms with Crippen molar-refractivity contribution in [3.8, 4) is 11.5 Å². The smallest absolute Gasteiger partial charge is 0.254 e. The number of likely N-dealkylation sites (tertiary alicyclic amines) is 1. The third-order valence-corrected chi connectivity index (χ3v) is 7.11.